The van der Waals surface area contributed by atoms with Crippen LogP contribution in [0.4, 0.5) is 5.69 Å². The molecule has 1 unspecified atom stereocenters. The molecule has 0 saturated carbocycles. The van der Waals surface area contributed by atoms with Gasteiger partial charge in [0.1, 0.15) is 0 Å². The first kappa shape index (κ1) is 21.8. The summed E-state index contributed by atoms with van der Waals surface area (Å²) in [7, 11) is 3.96. The monoisotopic (exact) mass is 415 g/mol. The van der Waals surface area contributed by atoms with E-state index in [0.717, 1.165) is 22.4 Å². The van der Waals surface area contributed by atoms with Gasteiger partial charge in [0, 0.05) is 31.4 Å². The zero-order valence-corrected chi connectivity index (χ0v) is 17.4. The minimum atomic E-state index is -0.599. The smallest absolute Gasteiger partial charge is 0.267 e. The zero-order valence-electron chi connectivity index (χ0n) is 17.4. The van der Waals surface area contributed by atoms with Crippen molar-refractivity contribution in [2.45, 2.75) is 6.04 Å². The number of amides is 2. The van der Waals surface area contributed by atoms with Crippen molar-refractivity contribution < 1.29 is 14.8 Å². The van der Waals surface area contributed by atoms with E-state index >= 15 is 0 Å². The van der Waals surface area contributed by atoms with E-state index in [0.29, 0.717) is 5.56 Å². The highest BCUT2D eigenvalue weighted by atomic mass is 16.5. The predicted octanol–water partition coefficient (Wildman–Crippen LogP) is 3.79. The Morgan fingerprint density at radius 2 is 1.45 bits per heavy atom. The SMILES string of the molecule is CN(C)c1ccc(C(NC(=O)c2ccccc2)c2ccc(/C=C/C(=O)NO)cc2)cc1. The molecule has 0 saturated heterocycles. The molecule has 3 aromatic carbocycles. The zero-order chi connectivity index (χ0) is 22.2. The lowest BCUT2D eigenvalue weighted by atomic mass is 9.96. The third kappa shape index (κ3) is 5.81. The number of rotatable bonds is 7. The molecule has 0 aromatic heterocycles. The van der Waals surface area contributed by atoms with Gasteiger partial charge < -0.3 is 10.2 Å². The van der Waals surface area contributed by atoms with Crippen LogP contribution >= 0.6 is 0 Å². The van der Waals surface area contributed by atoms with Crippen molar-refractivity contribution in [1.82, 2.24) is 10.8 Å². The van der Waals surface area contributed by atoms with Crippen LogP contribution in [0.5, 0.6) is 0 Å². The van der Waals surface area contributed by atoms with E-state index in [4.69, 9.17) is 5.21 Å². The molecule has 0 fully saturated rings. The highest BCUT2D eigenvalue weighted by Crippen LogP contribution is 2.25. The summed E-state index contributed by atoms with van der Waals surface area (Å²) in [4.78, 5) is 26.1. The molecule has 31 heavy (non-hydrogen) atoms. The summed E-state index contributed by atoms with van der Waals surface area (Å²) in [6.45, 7) is 0. The number of hydrogen-bond donors (Lipinski definition) is 3. The summed E-state index contributed by atoms with van der Waals surface area (Å²) in [6.07, 6.45) is 2.84. The van der Waals surface area contributed by atoms with E-state index in [2.05, 4.69) is 5.32 Å². The number of hydrogen-bond acceptors (Lipinski definition) is 4. The highest BCUT2D eigenvalue weighted by molar-refractivity contribution is 5.94. The number of benzene rings is 3. The summed E-state index contributed by atoms with van der Waals surface area (Å²) >= 11 is 0. The summed E-state index contributed by atoms with van der Waals surface area (Å²) in [5.74, 6) is -0.760. The molecule has 6 heteroatoms. The number of nitrogens with one attached hydrogen (secondary N) is 2. The van der Waals surface area contributed by atoms with Gasteiger partial charge in [-0.05, 0) is 47.0 Å². The normalized spacial score (nSPS) is 11.7. The molecule has 6 nitrogen and oxygen atoms in total. The minimum Gasteiger partial charge on any atom is -0.378 e. The van der Waals surface area contributed by atoms with Crippen LogP contribution in [0.3, 0.4) is 0 Å². The van der Waals surface area contributed by atoms with Gasteiger partial charge in [0.25, 0.3) is 11.8 Å². The van der Waals surface area contributed by atoms with Crippen LogP contribution in [0.15, 0.2) is 84.9 Å². The fraction of sp³-hybridized carbons (Fsp3) is 0.120. The Hall–Kier alpha value is -3.90. The maximum Gasteiger partial charge on any atom is 0.267 e. The van der Waals surface area contributed by atoms with Crippen LogP contribution in [0.2, 0.25) is 0 Å². The van der Waals surface area contributed by atoms with E-state index in [1.807, 2.05) is 85.7 Å². The fourth-order valence-electron chi connectivity index (χ4n) is 3.14. The third-order valence-electron chi connectivity index (χ3n) is 4.86. The molecule has 1 atom stereocenters. The van der Waals surface area contributed by atoms with Crippen LogP contribution in [-0.4, -0.2) is 31.1 Å². The third-order valence-corrected chi connectivity index (χ3v) is 4.86. The Morgan fingerprint density at radius 1 is 0.871 bits per heavy atom. The molecule has 0 aliphatic rings. The van der Waals surface area contributed by atoms with Gasteiger partial charge in [0.05, 0.1) is 6.04 Å². The van der Waals surface area contributed by atoms with Crippen LogP contribution < -0.4 is 15.7 Å². The molecular weight excluding hydrogens is 390 g/mol. The number of nitrogens with zero attached hydrogens (tertiary/aromatic N) is 1. The lowest BCUT2D eigenvalue weighted by molar-refractivity contribution is -0.124. The van der Waals surface area contributed by atoms with Gasteiger partial charge in [-0.15, -0.1) is 0 Å². The molecule has 0 aliphatic heterocycles. The molecule has 3 aromatic rings. The predicted molar refractivity (Wildman–Crippen MR) is 122 cm³/mol. The second-order valence-electron chi connectivity index (χ2n) is 7.23. The molecule has 0 bridgehead atoms. The molecule has 3 N–H and O–H groups in total. The molecule has 3 rings (SSSR count). The van der Waals surface area contributed by atoms with E-state index < -0.39 is 5.91 Å². The molecule has 158 valence electrons. The lowest BCUT2D eigenvalue weighted by Crippen LogP contribution is -2.29. The van der Waals surface area contributed by atoms with E-state index in [9.17, 15) is 9.59 Å². The van der Waals surface area contributed by atoms with Crippen molar-refractivity contribution in [3.8, 4) is 0 Å². The average molecular weight is 415 g/mol. The van der Waals surface area contributed by atoms with Gasteiger partial charge in [-0.2, -0.15) is 0 Å². The molecule has 0 aliphatic carbocycles. The van der Waals surface area contributed by atoms with Gasteiger partial charge >= 0.3 is 0 Å². The number of carbonyl (C=O) groups is 2. The van der Waals surface area contributed by atoms with Crippen molar-refractivity contribution >= 4 is 23.6 Å². The van der Waals surface area contributed by atoms with Crippen molar-refractivity contribution in [2.75, 3.05) is 19.0 Å². The van der Waals surface area contributed by atoms with Crippen LogP contribution in [0, 0.1) is 0 Å². The van der Waals surface area contributed by atoms with Crippen LogP contribution in [-0.2, 0) is 4.79 Å². The van der Waals surface area contributed by atoms with E-state index in [-0.39, 0.29) is 11.9 Å². The summed E-state index contributed by atoms with van der Waals surface area (Å²) in [5, 5.41) is 11.7. The van der Waals surface area contributed by atoms with Crippen LogP contribution in [0.1, 0.15) is 33.1 Å². The molecular formula is C25H25N3O3. The second kappa shape index (κ2) is 10.2. The largest absolute Gasteiger partial charge is 0.378 e. The summed E-state index contributed by atoms with van der Waals surface area (Å²) in [6, 6.07) is 24.3. The topological polar surface area (TPSA) is 81.7 Å². The minimum absolute atomic E-state index is 0.161. The van der Waals surface area contributed by atoms with Crippen LogP contribution in [0.25, 0.3) is 6.08 Å². The fourth-order valence-corrected chi connectivity index (χ4v) is 3.14. The number of hydroxylamine groups is 1. The van der Waals surface area contributed by atoms with Crippen molar-refractivity contribution in [2.24, 2.45) is 0 Å². The Labute approximate surface area is 181 Å². The Bertz CT molecular complexity index is 1040. The Kier molecular flexibility index (Phi) is 7.19. The van der Waals surface area contributed by atoms with E-state index in [1.165, 1.54) is 6.08 Å². The Balaban J connectivity index is 1.90. The molecule has 0 spiro atoms. The maximum absolute atomic E-state index is 12.9. The maximum atomic E-state index is 12.9. The first-order valence-electron chi connectivity index (χ1n) is 9.83. The standard InChI is InChI=1S/C25H25N3O3/c1-28(2)22-15-13-20(14-16-22)24(26-25(30)21-6-4-3-5-7-21)19-11-8-18(9-12-19)10-17-23(29)27-31/h3-17,24,31H,1-2H3,(H,26,30)(H,27,29)/b17-10+. The van der Waals surface area contributed by atoms with Crippen molar-refractivity contribution in [3.63, 3.8) is 0 Å². The summed E-state index contributed by atoms with van der Waals surface area (Å²) in [5.41, 5.74) is 5.88. The van der Waals surface area contributed by atoms with E-state index in [1.54, 1.807) is 23.7 Å². The van der Waals surface area contributed by atoms with Gasteiger partial charge in [-0.25, -0.2) is 5.48 Å². The molecule has 0 heterocycles. The highest BCUT2D eigenvalue weighted by Gasteiger charge is 2.18. The van der Waals surface area contributed by atoms with Gasteiger partial charge in [-0.3, -0.25) is 14.8 Å². The Morgan fingerprint density at radius 3 is 2.00 bits per heavy atom. The number of anilines is 1. The quantitative estimate of drug-likeness (QED) is 0.312. The lowest BCUT2D eigenvalue weighted by Gasteiger charge is -2.21. The van der Waals surface area contributed by atoms with Gasteiger partial charge in [0.15, 0.2) is 0 Å². The second-order valence-corrected chi connectivity index (χ2v) is 7.23. The number of carbonyl (C=O) groups excluding carboxylic acids is 2. The molecule has 2 amide bonds. The first-order valence-corrected chi connectivity index (χ1v) is 9.83. The average Bonchev–Trinajstić information content (AvgIpc) is 2.82. The van der Waals surface area contributed by atoms with Crippen molar-refractivity contribution in [3.05, 3.63) is 107 Å². The van der Waals surface area contributed by atoms with Crippen molar-refractivity contribution in [1.29, 1.82) is 0 Å². The van der Waals surface area contributed by atoms with Gasteiger partial charge in [0.2, 0.25) is 0 Å². The first-order chi connectivity index (χ1) is 15.0. The van der Waals surface area contributed by atoms with Gasteiger partial charge in [-0.1, -0.05) is 54.6 Å². The molecule has 0 radical (unpaired) electrons. The summed E-state index contributed by atoms with van der Waals surface area (Å²) < 4.78 is 0.